The van der Waals surface area contributed by atoms with Crippen molar-refractivity contribution in [2.75, 3.05) is 25.5 Å². The van der Waals surface area contributed by atoms with E-state index in [1.165, 1.54) is 0 Å². The second kappa shape index (κ2) is 11.4. The van der Waals surface area contributed by atoms with Crippen molar-refractivity contribution < 1.29 is 9.90 Å². The van der Waals surface area contributed by atoms with Crippen LogP contribution < -0.4 is 15.8 Å². The van der Waals surface area contributed by atoms with Gasteiger partial charge in [-0.3, -0.25) is 9.59 Å². The smallest absolute Gasteiger partial charge is 0.253 e. The molecule has 186 valence electrons. The molecule has 1 heterocycles. The van der Waals surface area contributed by atoms with Gasteiger partial charge in [0.1, 0.15) is 0 Å². The van der Waals surface area contributed by atoms with Crippen LogP contribution >= 0.6 is 11.6 Å². The molecular weight excluding hydrogens is 452 g/mol. The standard InChI is InChI=1S/C26H37ClN4O3/c1-6-31(21-9-7-20(8-10-21)30(4)5)24-13-19(27)12-22(17(24)3)25(33)28-14-23-18(15-32)11-16(2)29-26(23)34/h11-13,20-21,32H,6-10,14-15H2,1-5H3,(H,28,33)(H,29,34). The lowest BCUT2D eigenvalue weighted by Crippen LogP contribution is -2.42. The van der Waals surface area contributed by atoms with E-state index >= 15 is 0 Å². The first kappa shape index (κ1) is 26.3. The summed E-state index contributed by atoms with van der Waals surface area (Å²) in [6, 6.07) is 6.37. The fourth-order valence-electron chi connectivity index (χ4n) is 5.09. The SMILES string of the molecule is CCN(c1cc(Cl)cc(C(=O)NCc2c(CO)cc(C)[nH]c2=O)c1C)C1CCC(N(C)C)CC1. The van der Waals surface area contributed by atoms with Gasteiger partial charge in [0.2, 0.25) is 0 Å². The van der Waals surface area contributed by atoms with Crippen molar-refractivity contribution in [2.45, 2.75) is 71.7 Å². The highest BCUT2D eigenvalue weighted by atomic mass is 35.5. The van der Waals surface area contributed by atoms with Crippen LogP contribution in [0.1, 0.15) is 65.3 Å². The molecule has 1 saturated carbocycles. The molecule has 1 aliphatic rings. The number of carbonyl (C=O) groups is 1. The molecule has 7 nitrogen and oxygen atoms in total. The summed E-state index contributed by atoms with van der Waals surface area (Å²) in [5.74, 6) is -0.294. The Bertz CT molecular complexity index is 1070. The van der Waals surface area contributed by atoms with E-state index in [2.05, 4.69) is 41.1 Å². The van der Waals surface area contributed by atoms with E-state index in [4.69, 9.17) is 11.6 Å². The van der Waals surface area contributed by atoms with Crippen LogP contribution in [0.3, 0.4) is 0 Å². The lowest BCUT2D eigenvalue weighted by molar-refractivity contribution is 0.0950. The van der Waals surface area contributed by atoms with Gasteiger partial charge < -0.3 is 25.2 Å². The van der Waals surface area contributed by atoms with E-state index in [9.17, 15) is 14.7 Å². The second-order valence-electron chi connectivity index (χ2n) is 9.44. The number of benzene rings is 1. The maximum absolute atomic E-state index is 13.2. The van der Waals surface area contributed by atoms with E-state index in [1.807, 2.05) is 13.0 Å². The number of hydrogen-bond donors (Lipinski definition) is 3. The number of aromatic amines is 1. The summed E-state index contributed by atoms with van der Waals surface area (Å²) in [5, 5.41) is 13.0. The van der Waals surface area contributed by atoms with Crippen LogP contribution in [0.25, 0.3) is 0 Å². The number of aliphatic hydroxyl groups excluding tert-OH is 1. The van der Waals surface area contributed by atoms with Crippen molar-refractivity contribution >= 4 is 23.2 Å². The van der Waals surface area contributed by atoms with Crippen LogP contribution in [0.2, 0.25) is 5.02 Å². The molecule has 1 aromatic carbocycles. The van der Waals surface area contributed by atoms with Gasteiger partial charge in [0.25, 0.3) is 11.5 Å². The highest BCUT2D eigenvalue weighted by Crippen LogP contribution is 2.34. The number of carbonyl (C=O) groups excluding carboxylic acids is 1. The lowest BCUT2D eigenvalue weighted by atomic mass is 9.89. The van der Waals surface area contributed by atoms with E-state index in [-0.39, 0.29) is 24.6 Å². The lowest BCUT2D eigenvalue weighted by Gasteiger charge is -2.40. The van der Waals surface area contributed by atoms with Gasteiger partial charge >= 0.3 is 0 Å². The van der Waals surface area contributed by atoms with E-state index in [0.29, 0.717) is 39.5 Å². The van der Waals surface area contributed by atoms with Gasteiger partial charge in [-0.15, -0.1) is 0 Å². The zero-order chi connectivity index (χ0) is 25.0. The zero-order valence-electron chi connectivity index (χ0n) is 20.9. The van der Waals surface area contributed by atoms with Crippen molar-refractivity contribution in [3.8, 4) is 0 Å². The minimum Gasteiger partial charge on any atom is -0.392 e. The summed E-state index contributed by atoms with van der Waals surface area (Å²) in [4.78, 5) is 32.9. The number of aliphatic hydroxyl groups is 1. The Labute approximate surface area is 207 Å². The molecule has 0 bridgehead atoms. The molecule has 3 rings (SSSR count). The minimum absolute atomic E-state index is 0.0255. The van der Waals surface area contributed by atoms with Crippen molar-refractivity contribution in [1.29, 1.82) is 0 Å². The van der Waals surface area contributed by atoms with E-state index < -0.39 is 0 Å². The molecule has 0 atom stereocenters. The number of rotatable bonds is 8. The molecule has 1 fully saturated rings. The number of pyridine rings is 1. The Balaban J connectivity index is 1.82. The molecule has 0 spiro atoms. The van der Waals surface area contributed by atoms with Gasteiger partial charge in [-0.2, -0.15) is 0 Å². The summed E-state index contributed by atoms with van der Waals surface area (Å²) >= 11 is 6.48. The Kier molecular flexibility index (Phi) is 8.79. The fourth-order valence-corrected chi connectivity index (χ4v) is 5.31. The summed E-state index contributed by atoms with van der Waals surface area (Å²) in [6.45, 7) is 6.44. The van der Waals surface area contributed by atoms with Crippen LogP contribution in [0.4, 0.5) is 5.69 Å². The third-order valence-corrected chi connectivity index (χ3v) is 7.25. The number of anilines is 1. The van der Waals surface area contributed by atoms with Crippen LogP contribution in [0.15, 0.2) is 23.0 Å². The first-order valence-corrected chi connectivity index (χ1v) is 12.4. The third-order valence-electron chi connectivity index (χ3n) is 7.04. The van der Waals surface area contributed by atoms with Gasteiger partial charge in [-0.25, -0.2) is 0 Å². The quantitative estimate of drug-likeness (QED) is 0.526. The predicted octanol–water partition coefficient (Wildman–Crippen LogP) is 3.77. The summed E-state index contributed by atoms with van der Waals surface area (Å²) in [6.07, 6.45) is 4.51. The predicted molar refractivity (Wildman–Crippen MR) is 138 cm³/mol. The maximum Gasteiger partial charge on any atom is 0.253 e. The van der Waals surface area contributed by atoms with Crippen molar-refractivity contribution in [1.82, 2.24) is 15.2 Å². The topological polar surface area (TPSA) is 88.7 Å². The highest BCUT2D eigenvalue weighted by Gasteiger charge is 2.28. The van der Waals surface area contributed by atoms with Crippen LogP contribution in [-0.4, -0.2) is 53.6 Å². The summed E-state index contributed by atoms with van der Waals surface area (Å²) < 4.78 is 0. The third kappa shape index (κ3) is 5.82. The molecule has 1 aliphatic carbocycles. The molecule has 0 unspecified atom stereocenters. The van der Waals surface area contributed by atoms with Crippen molar-refractivity contribution in [2.24, 2.45) is 0 Å². The first-order valence-electron chi connectivity index (χ1n) is 12.0. The molecule has 3 N–H and O–H groups in total. The molecule has 0 radical (unpaired) electrons. The molecule has 1 amide bonds. The summed E-state index contributed by atoms with van der Waals surface area (Å²) in [7, 11) is 4.28. The number of nitrogens with one attached hydrogen (secondary N) is 2. The Morgan fingerprint density at radius 2 is 1.79 bits per heavy atom. The largest absolute Gasteiger partial charge is 0.392 e. The first-order chi connectivity index (χ1) is 16.2. The number of aromatic nitrogens is 1. The van der Waals surface area contributed by atoms with Gasteiger partial charge in [0.05, 0.1) is 6.61 Å². The van der Waals surface area contributed by atoms with Gasteiger partial charge in [-0.1, -0.05) is 11.6 Å². The number of amides is 1. The monoisotopic (exact) mass is 488 g/mol. The van der Waals surface area contributed by atoms with E-state index in [0.717, 1.165) is 43.5 Å². The van der Waals surface area contributed by atoms with Crippen LogP contribution in [0.5, 0.6) is 0 Å². The van der Waals surface area contributed by atoms with Crippen molar-refractivity contribution in [3.63, 3.8) is 0 Å². The van der Waals surface area contributed by atoms with Gasteiger partial charge in [0, 0.05) is 52.7 Å². The Morgan fingerprint density at radius 1 is 1.15 bits per heavy atom. The highest BCUT2D eigenvalue weighted by molar-refractivity contribution is 6.31. The Morgan fingerprint density at radius 3 is 2.38 bits per heavy atom. The number of halogens is 1. The molecule has 34 heavy (non-hydrogen) atoms. The number of nitrogens with zero attached hydrogens (tertiary/aromatic N) is 2. The van der Waals surface area contributed by atoms with Crippen LogP contribution in [-0.2, 0) is 13.2 Å². The maximum atomic E-state index is 13.2. The minimum atomic E-state index is -0.307. The van der Waals surface area contributed by atoms with E-state index in [1.54, 1.807) is 19.1 Å². The molecule has 1 aromatic heterocycles. The Hall–Kier alpha value is -2.35. The average molecular weight is 489 g/mol. The number of aryl methyl sites for hydroxylation is 1. The molecule has 0 aliphatic heterocycles. The summed E-state index contributed by atoms with van der Waals surface area (Å²) in [5.41, 5.74) is 3.58. The zero-order valence-corrected chi connectivity index (χ0v) is 21.6. The van der Waals surface area contributed by atoms with Gasteiger partial charge in [0.15, 0.2) is 0 Å². The van der Waals surface area contributed by atoms with Crippen LogP contribution in [0, 0.1) is 13.8 Å². The fraction of sp³-hybridized carbons (Fsp3) is 0.538. The normalized spacial score (nSPS) is 18.2. The number of H-pyrrole nitrogens is 1. The van der Waals surface area contributed by atoms with Gasteiger partial charge in [-0.05, 0) is 89.9 Å². The second-order valence-corrected chi connectivity index (χ2v) is 9.87. The molecular formula is C26H37ClN4O3. The number of hydrogen-bond acceptors (Lipinski definition) is 5. The molecule has 0 saturated heterocycles. The molecule has 2 aromatic rings. The van der Waals surface area contributed by atoms with Crippen molar-refractivity contribution in [3.05, 3.63) is 61.5 Å². The molecule has 8 heteroatoms. The average Bonchev–Trinajstić information content (AvgIpc) is 2.80.